The summed E-state index contributed by atoms with van der Waals surface area (Å²) in [6.07, 6.45) is 7.20. The molecule has 1 aromatic carbocycles. The molecule has 0 aliphatic heterocycles. The third-order valence-corrected chi connectivity index (χ3v) is 8.90. The minimum Gasteiger partial charge on any atom is -0.477 e. The Bertz CT molecular complexity index is 974. The van der Waals surface area contributed by atoms with Crippen LogP contribution in [0.2, 0.25) is 0 Å². The Morgan fingerprint density at radius 1 is 0.865 bits per heavy atom. The van der Waals surface area contributed by atoms with Crippen LogP contribution in [-0.4, -0.2) is 47.9 Å². The SMILES string of the molecule is O=C(OCOC1C2CC3CC(C2)CC1C3)c1ccc(C(=O)OC(C2CCCCC2)C(F)(F)C(=O)O)cc1. The fourth-order valence-electron chi connectivity index (χ4n) is 7.35. The van der Waals surface area contributed by atoms with E-state index in [0.29, 0.717) is 37.5 Å². The van der Waals surface area contributed by atoms with Crippen molar-refractivity contribution in [2.24, 2.45) is 29.6 Å². The highest BCUT2D eigenvalue weighted by Gasteiger charge is 2.54. The summed E-state index contributed by atoms with van der Waals surface area (Å²) in [5.41, 5.74) is 0.133. The summed E-state index contributed by atoms with van der Waals surface area (Å²) in [4.78, 5) is 36.3. The number of carboxylic acid groups (broad SMARTS) is 1. The quantitative estimate of drug-likeness (QED) is 0.341. The lowest BCUT2D eigenvalue weighted by atomic mass is 9.55. The topological polar surface area (TPSA) is 99.1 Å². The summed E-state index contributed by atoms with van der Waals surface area (Å²) in [5, 5.41) is 9.03. The van der Waals surface area contributed by atoms with Crippen molar-refractivity contribution in [3.8, 4) is 0 Å². The largest absolute Gasteiger partial charge is 0.477 e. The summed E-state index contributed by atoms with van der Waals surface area (Å²) >= 11 is 0. The van der Waals surface area contributed by atoms with E-state index < -0.39 is 35.9 Å². The van der Waals surface area contributed by atoms with Crippen LogP contribution in [0, 0.1) is 29.6 Å². The molecule has 9 heteroatoms. The van der Waals surface area contributed by atoms with Crippen molar-refractivity contribution in [1.82, 2.24) is 0 Å². The van der Waals surface area contributed by atoms with E-state index in [-0.39, 0.29) is 24.0 Å². The first-order chi connectivity index (χ1) is 17.7. The molecule has 6 rings (SSSR count). The zero-order valence-corrected chi connectivity index (χ0v) is 20.8. The first-order valence-electron chi connectivity index (χ1n) is 13.4. The van der Waals surface area contributed by atoms with Crippen LogP contribution in [0.15, 0.2) is 24.3 Å². The van der Waals surface area contributed by atoms with Crippen molar-refractivity contribution in [2.45, 2.75) is 82.3 Å². The third kappa shape index (κ3) is 5.52. The highest BCUT2D eigenvalue weighted by Crippen LogP contribution is 2.54. The van der Waals surface area contributed by atoms with Gasteiger partial charge in [0.15, 0.2) is 12.9 Å². The maximum absolute atomic E-state index is 14.4. The van der Waals surface area contributed by atoms with Crippen molar-refractivity contribution >= 4 is 17.9 Å². The number of hydrogen-bond acceptors (Lipinski definition) is 6. The second-order valence-electron chi connectivity index (χ2n) is 11.3. The van der Waals surface area contributed by atoms with E-state index in [1.165, 1.54) is 56.4 Å². The molecule has 37 heavy (non-hydrogen) atoms. The summed E-state index contributed by atoms with van der Waals surface area (Å²) in [6.45, 7) is -0.136. The van der Waals surface area contributed by atoms with Gasteiger partial charge in [-0.1, -0.05) is 19.3 Å². The van der Waals surface area contributed by atoms with Gasteiger partial charge in [0.2, 0.25) is 0 Å². The number of carboxylic acids is 1. The minimum absolute atomic E-state index is 0.0524. The molecule has 0 spiro atoms. The Morgan fingerprint density at radius 2 is 1.41 bits per heavy atom. The van der Waals surface area contributed by atoms with Crippen molar-refractivity contribution in [1.29, 1.82) is 0 Å². The monoisotopic (exact) mass is 520 g/mol. The van der Waals surface area contributed by atoms with E-state index in [1.807, 2.05) is 0 Å². The van der Waals surface area contributed by atoms with Gasteiger partial charge in [0.05, 0.1) is 17.2 Å². The zero-order chi connectivity index (χ0) is 26.2. The lowest BCUT2D eigenvalue weighted by molar-refractivity contribution is -0.189. The summed E-state index contributed by atoms with van der Waals surface area (Å²) < 4.78 is 45.3. The summed E-state index contributed by atoms with van der Waals surface area (Å²) in [5.74, 6) is -6.16. The molecule has 1 unspecified atom stereocenters. The fourth-order valence-corrected chi connectivity index (χ4v) is 7.35. The molecule has 1 atom stereocenters. The number of ether oxygens (including phenoxy) is 3. The Morgan fingerprint density at radius 3 is 1.95 bits per heavy atom. The van der Waals surface area contributed by atoms with Crippen molar-refractivity contribution < 1.29 is 42.5 Å². The van der Waals surface area contributed by atoms with E-state index in [9.17, 15) is 23.2 Å². The fraction of sp³-hybridized carbons (Fsp3) is 0.679. The van der Waals surface area contributed by atoms with Crippen LogP contribution >= 0.6 is 0 Å². The zero-order valence-electron chi connectivity index (χ0n) is 20.8. The molecule has 5 aliphatic carbocycles. The molecule has 1 aromatic rings. The smallest absolute Gasteiger partial charge is 0.378 e. The number of carbonyl (C=O) groups is 3. The molecule has 0 heterocycles. The van der Waals surface area contributed by atoms with Gasteiger partial charge in [0, 0.05) is 5.92 Å². The molecule has 202 valence electrons. The standard InChI is InChI=1S/C28H34F2O7/c29-28(30,27(33)34)24(18-4-2-1-3-5-18)37-26(32)20-8-6-19(7-9-20)25(31)36-15-35-23-21-11-16-10-17(13-21)14-22(23)12-16/h6-9,16-18,21-24H,1-5,10-15H2,(H,33,34). The van der Waals surface area contributed by atoms with Gasteiger partial charge in [-0.2, -0.15) is 8.78 Å². The van der Waals surface area contributed by atoms with E-state index >= 15 is 0 Å². The molecular formula is C28H34F2O7. The first-order valence-corrected chi connectivity index (χ1v) is 13.4. The van der Waals surface area contributed by atoms with Gasteiger partial charge >= 0.3 is 23.8 Å². The molecular weight excluding hydrogens is 486 g/mol. The van der Waals surface area contributed by atoms with Crippen LogP contribution in [-0.2, 0) is 19.0 Å². The van der Waals surface area contributed by atoms with Crippen LogP contribution < -0.4 is 0 Å². The number of alkyl halides is 2. The molecule has 0 aromatic heterocycles. The van der Waals surface area contributed by atoms with Gasteiger partial charge in [-0.15, -0.1) is 0 Å². The van der Waals surface area contributed by atoms with Gasteiger partial charge in [0.25, 0.3) is 0 Å². The molecule has 5 aliphatic rings. The maximum atomic E-state index is 14.4. The van der Waals surface area contributed by atoms with Gasteiger partial charge in [-0.3, -0.25) is 0 Å². The molecule has 5 saturated carbocycles. The second kappa shape index (κ2) is 10.7. The molecule has 4 bridgehead atoms. The average molecular weight is 521 g/mol. The molecule has 0 amide bonds. The molecule has 1 N–H and O–H groups in total. The molecule has 5 fully saturated rings. The Hall–Kier alpha value is -2.55. The minimum atomic E-state index is -4.20. The second-order valence-corrected chi connectivity index (χ2v) is 11.3. The van der Waals surface area contributed by atoms with E-state index in [4.69, 9.17) is 19.3 Å². The van der Waals surface area contributed by atoms with Crippen molar-refractivity contribution in [2.75, 3.05) is 6.79 Å². The van der Waals surface area contributed by atoms with Crippen LogP contribution in [0.25, 0.3) is 0 Å². The number of aliphatic carboxylic acids is 1. The number of carbonyl (C=O) groups excluding carboxylic acids is 2. The third-order valence-electron chi connectivity index (χ3n) is 8.90. The lowest BCUT2D eigenvalue weighted by Gasteiger charge is -2.53. The predicted molar refractivity (Wildman–Crippen MR) is 127 cm³/mol. The van der Waals surface area contributed by atoms with Crippen LogP contribution in [0.1, 0.15) is 84.9 Å². The number of esters is 2. The molecule has 7 nitrogen and oxygen atoms in total. The van der Waals surface area contributed by atoms with E-state index in [1.54, 1.807) is 0 Å². The number of benzene rings is 1. The summed E-state index contributed by atoms with van der Waals surface area (Å²) in [6, 6.07) is 5.28. The maximum Gasteiger partial charge on any atom is 0.378 e. The predicted octanol–water partition coefficient (Wildman–Crippen LogP) is 5.47. The normalized spacial score (nSPS) is 30.1. The van der Waals surface area contributed by atoms with Gasteiger partial charge in [-0.25, -0.2) is 14.4 Å². The number of halogens is 2. The number of hydrogen-bond donors (Lipinski definition) is 1. The average Bonchev–Trinajstić information content (AvgIpc) is 2.88. The molecule has 0 radical (unpaired) electrons. The molecule has 0 saturated heterocycles. The van der Waals surface area contributed by atoms with E-state index in [2.05, 4.69) is 0 Å². The van der Waals surface area contributed by atoms with Gasteiger partial charge < -0.3 is 19.3 Å². The van der Waals surface area contributed by atoms with Crippen molar-refractivity contribution in [3.05, 3.63) is 35.4 Å². The first kappa shape index (κ1) is 26.1. The Labute approximate surface area is 214 Å². The Kier molecular flexibility index (Phi) is 7.52. The van der Waals surface area contributed by atoms with Gasteiger partial charge in [-0.05, 0) is 92.9 Å². The highest BCUT2D eigenvalue weighted by atomic mass is 19.3. The number of rotatable bonds is 9. The highest BCUT2D eigenvalue weighted by molar-refractivity contribution is 5.93. The van der Waals surface area contributed by atoms with Crippen LogP contribution in [0.3, 0.4) is 0 Å². The van der Waals surface area contributed by atoms with Crippen LogP contribution in [0.4, 0.5) is 8.78 Å². The summed E-state index contributed by atoms with van der Waals surface area (Å²) in [7, 11) is 0. The Balaban J connectivity index is 1.15. The lowest BCUT2D eigenvalue weighted by Crippen LogP contribution is -2.49. The van der Waals surface area contributed by atoms with E-state index in [0.717, 1.165) is 18.3 Å². The van der Waals surface area contributed by atoms with Crippen molar-refractivity contribution in [3.63, 3.8) is 0 Å². The van der Waals surface area contributed by atoms with Gasteiger partial charge in [0.1, 0.15) is 0 Å². The van der Waals surface area contributed by atoms with Crippen LogP contribution in [0.5, 0.6) is 0 Å².